The summed E-state index contributed by atoms with van der Waals surface area (Å²) in [6, 6.07) is 9.45. The molecule has 0 saturated heterocycles. The molecule has 9 nitrogen and oxygen atoms in total. The maximum atomic E-state index is 12.3. The van der Waals surface area contributed by atoms with Crippen molar-refractivity contribution < 1.29 is 24.1 Å². The van der Waals surface area contributed by atoms with Crippen LogP contribution in [0.4, 0.5) is 11.4 Å². The van der Waals surface area contributed by atoms with Crippen molar-refractivity contribution in [2.75, 3.05) is 17.8 Å². The number of benzene rings is 1. The molecule has 4 N–H and O–H groups in total. The van der Waals surface area contributed by atoms with Gasteiger partial charge >= 0.3 is 5.97 Å². The number of nitrogens with zero attached hydrogens (tertiary/aromatic N) is 3. The Morgan fingerprint density at radius 2 is 1.96 bits per heavy atom. The summed E-state index contributed by atoms with van der Waals surface area (Å²) in [4.78, 5) is 23.9. The molecule has 140 valence electrons. The zero-order valence-electron chi connectivity index (χ0n) is 14.9. The van der Waals surface area contributed by atoms with Gasteiger partial charge in [0, 0.05) is 6.07 Å². The topological polar surface area (TPSA) is 130 Å². The van der Waals surface area contributed by atoms with Crippen LogP contribution in [0.15, 0.2) is 70.5 Å². The Balaban J connectivity index is 2.12. The van der Waals surface area contributed by atoms with Crippen molar-refractivity contribution in [2.45, 2.75) is 13.8 Å². The molecule has 0 atom stereocenters. The highest BCUT2D eigenvalue weighted by Crippen LogP contribution is 2.17. The molecule has 1 amide bonds. The molecular weight excluding hydrogens is 350 g/mol. The SMILES string of the molecule is CCOC(=O)c1ccc(N=NC(C(=O)Nc2ccc[n+](N)c2)=C(C)O)cc1. The lowest BCUT2D eigenvalue weighted by Crippen LogP contribution is -2.43. The van der Waals surface area contributed by atoms with Crippen LogP contribution < -0.4 is 15.8 Å². The zero-order valence-corrected chi connectivity index (χ0v) is 14.9. The summed E-state index contributed by atoms with van der Waals surface area (Å²) in [5.41, 5.74) is 0.950. The van der Waals surface area contributed by atoms with Crippen LogP contribution in [-0.2, 0) is 9.53 Å². The maximum Gasteiger partial charge on any atom is 0.338 e. The Morgan fingerprint density at radius 3 is 2.56 bits per heavy atom. The molecule has 1 aromatic carbocycles. The van der Waals surface area contributed by atoms with Crippen LogP contribution in [0.2, 0.25) is 0 Å². The van der Waals surface area contributed by atoms with Crippen molar-refractivity contribution in [1.29, 1.82) is 0 Å². The Kier molecular flexibility index (Phi) is 6.59. The van der Waals surface area contributed by atoms with E-state index in [9.17, 15) is 14.7 Å². The minimum atomic E-state index is -0.645. The Labute approximate surface area is 155 Å². The van der Waals surface area contributed by atoms with Gasteiger partial charge in [-0.05, 0) is 44.2 Å². The summed E-state index contributed by atoms with van der Waals surface area (Å²) in [7, 11) is 0. The molecule has 0 fully saturated rings. The van der Waals surface area contributed by atoms with Crippen molar-refractivity contribution in [3.63, 3.8) is 0 Å². The largest absolute Gasteiger partial charge is 0.510 e. The van der Waals surface area contributed by atoms with Crippen LogP contribution in [0.3, 0.4) is 0 Å². The van der Waals surface area contributed by atoms with Crippen LogP contribution >= 0.6 is 0 Å². The minimum absolute atomic E-state index is 0.253. The van der Waals surface area contributed by atoms with Crippen molar-refractivity contribution in [3.05, 3.63) is 65.8 Å². The molecule has 0 aliphatic rings. The Hall–Kier alpha value is -3.75. The van der Waals surface area contributed by atoms with Gasteiger partial charge in [0.1, 0.15) is 11.4 Å². The Bertz CT molecular complexity index is 887. The fourth-order valence-electron chi connectivity index (χ4n) is 2.03. The fourth-order valence-corrected chi connectivity index (χ4v) is 2.03. The molecule has 2 aromatic rings. The van der Waals surface area contributed by atoms with Crippen molar-refractivity contribution in [1.82, 2.24) is 0 Å². The molecule has 0 unspecified atom stereocenters. The summed E-state index contributed by atoms with van der Waals surface area (Å²) in [5, 5.41) is 20.0. The Morgan fingerprint density at radius 1 is 1.26 bits per heavy atom. The van der Waals surface area contributed by atoms with Gasteiger partial charge in [-0.3, -0.25) is 4.79 Å². The van der Waals surface area contributed by atoms with Gasteiger partial charge in [0.15, 0.2) is 11.9 Å². The number of hydrogen-bond acceptors (Lipinski definition) is 7. The molecule has 27 heavy (non-hydrogen) atoms. The van der Waals surface area contributed by atoms with Crippen LogP contribution in [0.1, 0.15) is 24.2 Å². The second-order valence-corrected chi connectivity index (χ2v) is 5.40. The number of nitrogens with two attached hydrogens (primary N) is 1. The standard InChI is InChI=1S/C18H19N5O4/c1-3-27-18(26)13-6-8-14(9-7-13)21-22-16(12(2)24)17(25)20-15-5-4-10-23(19)11-15/h4-11H,3,19H2,1-2H3,(H-,20,21,24,25,26)/p+1. The monoisotopic (exact) mass is 370 g/mol. The lowest BCUT2D eigenvalue weighted by molar-refractivity contribution is -0.638. The number of carbonyl (C=O) groups is 2. The van der Waals surface area contributed by atoms with Gasteiger partial charge in [0.05, 0.1) is 17.9 Å². The molecule has 2 rings (SSSR count). The summed E-state index contributed by atoms with van der Waals surface area (Å²) in [6.45, 7) is 3.33. The third kappa shape index (κ3) is 5.63. The van der Waals surface area contributed by atoms with E-state index in [0.29, 0.717) is 16.9 Å². The number of allylic oxidation sites excluding steroid dienone is 1. The number of hydrogen-bond donors (Lipinski definition) is 3. The smallest absolute Gasteiger partial charge is 0.338 e. The van der Waals surface area contributed by atoms with Gasteiger partial charge in [-0.25, -0.2) is 10.6 Å². The molecule has 0 saturated carbocycles. The number of aromatic nitrogens is 1. The van der Waals surface area contributed by atoms with Gasteiger partial charge in [0.2, 0.25) is 6.20 Å². The highest BCUT2D eigenvalue weighted by Gasteiger charge is 2.15. The number of nitrogens with one attached hydrogen (secondary N) is 1. The predicted octanol–water partition coefficient (Wildman–Crippen LogP) is 2.38. The first-order valence-corrected chi connectivity index (χ1v) is 8.07. The average molecular weight is 370 g/mol. The number of pyridine rings is 1. The summed E-state index contributed by atoms with van der Waals surface area (Å²) in [6.07, 6.45) is 3.09. The number of anilines is 1. The third-order valence-corrected chi connectivity index (χ3v) is 3.28. The lowest BCUT2D eigenvalue weighted by Gasteiger charge is -2.04. The number of esters is 1. The number of aliphatic hydroxyl groups excluding tert-OH is 1. The number of ether oxygens (including phenoxy) is 1. The summed E-state index contributed by atoms with van der Waals surface area (Å²) >= 11 is 0. The van der Waals surface area contributed by atoms with Crippen LogP contribution in [0.5, 0.6) is 0 Å². The molecular formula is C18H20N5O4+. The normalized spacial score (nSPS) is 11.8. The second kappa shape index (κ2) is 9.09. The molecule has 0 spiro atoms. The third-order valence-electron chi connectivity index (χ3n) is 3.28. The van der Waals surface area contributed by atoms with E-state index in [2.05, 4.69) is 15.5 Å². The van der Waals surface area contributed by atoms with Gasteiger partial charge in [-0.15, -0.1) is 5.11 Å². The van der Waals surface area contributed by atoms with Gasteiger partial charge < -0.3 is 15.2 Å². The van der Waals surface area contributed by atoms with Crippen molar-refractivity contribution in [2.24, 2.45) is 10.2 Å². The number of amides is 1. The maximum absolute atomic E-state index is 12.3. The highest BCUT2D eigenvalue weighted by molar-refractivity contribution is 6.03. The van der Waals surface area contributed by atoms with E-state index in [1.54, 1.807) is 37.4 Å². The summed E-state index contributed by atoms with van der Waals surface area (Å²) < 4.78 is 6.17. The first-order valence-electron chi connectivity index (χ1n) is 8.07. The van der Waals surface area contributed by atoms with Gasteiger partial charge in [-0.1, -0.05) is 4.68 Å². The van der Waals surface area contributed by atoms with E-state index in [1.807, 2.05) is 0 Å². The molecule has 0 aliphatic heterocycles. The predicted molar refractivity (Wildman–Crippen MR) is 97.7 cm³/mol. The first-order chi connectivity index (χ1) is 12.9. The average Bonchev–Trinajstić information content (AvgIpc) is 2.62. The zero-order chi connectivity index (χ0) is 19.8. The summed E-state index contributed by atoms with van der Waals surface area (Å²) in [5.74, 6) is 4.21. The van der Waals surface area contributed by atoms with Crippen molar-refractivity contribution in [3.8, 4) is 0 Å². The number of nitrogen functional groups attached to an aromatic ring is 1. The molecule has 0 aliphatic carbocycles. The second-order valence-electron chi connectivity index (χ2n) is 5.40. The molecule has 0 bridgehead atoms. The quantitative estimate of drug-likeness (QED) is 0.179. The number of rotatable bonds is 6. The van der Waals surface area contributed by atoms with Crippen LogP contribution in [0, 0.1) is 0 Å². The molecule has 0 radical (unpaired) electrons. The van der Waals surface area contributed by atoms with E-state index >= 15 is 0 Å². The molecule has 1 heterocycles. The fraction of sp³-hybridized carbons (Fsp3) is 0.167. The lowest BCUT2D eigenvalue weighted by atomic mass is 10.2. The minimum Gasteiger partial charge on any atom is -0.510 e. The van der Waals surface area contributed by atoms with Crippen LogP contribution in [-0.4, -0.2) is 23.6 Å². The van der Waals surface area contributed by atoms with Crippen molar-refractivity contribution >= 4 is 23.3 Å². The van der Waals surface area contributed by atoms with E-state index in [0.717, 1.165) is 0 Å². The van der Waals surface area contributed by atoms with E-state index in [1.165, 1.54) is 29.9 Å². The van der Waals surface area contributed by atoms with Gasteiger partial charge in [-0.2, -0.15) is 5.11 Å². The van der Waals surface area contributed by atoms with E-state index in [-0.39, 0.29) is 18.1 Å². The van der Waals surface area contributed by atoms with E-state index < -0.39 is 11.9 Å². The van der Waals surface area contributed by atoms with Gasteiger partial charge in [0.25, 0.3) is 5.91 Å². The number of carbonyl (C=O) groups excluding carboxylic acids is 2. The molecule has 9 heteroatoms. The number of azo groups is 1. The highest BCUT2D eigenvalue weighted by atomic mass is 16.5. The van der Waals surface area contributed by atoms with Crippen LogP contribution in [0.25, 0.3) is 0 Å². The van der Waals surface area contributed by atoms with E-state index in [4.69, 9.17) is 10.6 Å². The molecule has 1 aromatic heterocycles. The number of aliphatic hydroxyl groups is 1. The first kappa shape index (κ1) is 19.6.